The van der Waals surface area contributed by atoms with Crippen molar-refractivity contribution < 1.29 is 19.8 Å². The average Bonchev–Trinajstić information content (AvgIpc) is 3.09. The van der Waals surface area contributed by atoms with Gasteiger partial charge in [-0.25, -0.2) is 0 Å². The molecule has 3 N–H and O–H groups in total. The predicted molar refractivity (Wildman–Crippen MR) is 140 cm³/mol. The van der Waals surface area contributed by atoms with Gasteiger partial charge >= 0.3 is 0 Å². The van der Waals surface area contributed by atoms with E-state index < -0.39 is 5.60 Å². The van der Waals surface area contributed by atoms with E-state index in [1.807, 2.05) is 18.2 Å². The standard InChI is InChI=1S/C30H40N2O4/c1-28-14-10-22(32-36-19-27(34)31-17-13-20-4-7-23(33)8-5-20)18-21(28)6-9-24-25(28)11-15-29(2)26(24)12-16-30(29,3)35/h4-5,7-8,10,14,18,24-26,33,35H,6,9,11-13,15-17,19H2,1-3H3,(H,31,34)/b32-22+/t24-,25+,26+,28+,29+,30+/m1/s1. The molecule has 0 spiro atoms. The molecule has 4 aliphatic carbocycles. The van der Waals surface area contributed by atoms with Crippen molar-refractivity contribution in [2.45, 2.75) is 71.3 Å². The maximum absolute atomic E-state index is 12.1. The third-order valence-corrected chi connectivity index (χ3v) is 10.2. The summed E-state index contributed by atoms with van der Waals surface area (Å²) in [5.74, 6) is 1.89. The number of benzene rings is 1. The molecule has 1 amide bonds. The minimum atomic E-state index is -0.545. The van der Waals surface area contributed by atoms with E-state index in [0.717, 1.165) is 43.4 Å². The summed E-state index contributed by atoms with van der Waals surface area (Å²) in [6.45, 7) is 7.16. The first-order chi connectivity index (χ1) is 17.1. The molecule has 6 atom stereocenters. The van der Waals surface area contributed by atoms with Crippen LogP contribution in [0, 0.1) is 28.6 Å². The first kappa shape index (κ1) is 25.1. The Labute approximate surface area is 214 Å². The summed E-state index contributed by atoms with van der Waals surface area (Å²) in [7, 11) is 0. The molecule has 0 saturated heterocycles. The summed E-state index contributed by atoms with van der Waals surface area (Å²) in [6, 6.07) is 6.98. The molecule has 6 heteroatoms. The number of aromatic hydroxyl groups is 1. The molecule has 0 radical (unpaired) electrons. The molecule has 0 unspecified atom stereocenters. The number of oxime groups is 1. The van der Waals surface area contributed by atoms with Gasteiger partial charge in [-0.15, -0.1) is 0 Å². The summed E-state index contributed by atoms with van der Waals surface area (Å²) < 4.78 is 0. The minimum Gasteiger partial charge on any atom is -0.508 e. The van der Waals surface area contributed by atoms with Crippen LogP contribution in [0.2, 0.25) is 0 Å². The topological polar surface area (TPSA) is 91.2 Å². The van der Waals surface area contributed by atoms with E-state index in [4.69, 9.17) is 4.84 Å². The number of phenols is 1. The van der Waals surface area contributed by atoms with Crippen LogP contribution >= 0.6 is 0 Å². The Morgan fingerprint density at radius 1 is 1.11 bits per heavy atom. The molecule has 4 aliphatic rings. The van der Waals surface area contributed by atoms with Crippen LogP contribution in [-0.2, 0) is 16.1 Å². The van der Waals surface area contributed by atoms with Crippen LogP contribution in [0.1, 0.15) is 64.9 Å². The highest BCUT2D eigenvalue weighted by Crippen LogP contribution is 2.66. The number of phenolic OH excluding ortho intramolecular Hbond substituents is 1. The molecule has 36 heavy (non-hydrogen) atoms. The molecule has 0 heterocycles. The van der Waals surface area contributed by atoms with Crippen LogP contribution in [0.15, 0.2) is 53.2 Å². The van der Waals surface area contributed by atoms with Gasteiger partial charge in [0.2, 0.25) is 0 Å². The number of carbonyl (C=O) groups is 1. The van der Waals surface area contributed by atoms with Crippen LogP contribution in [0.5, 0.6) is 5.75 Å². The highest BCUT2D eigenvalue weighted by molar-refractivity contribution is 6.05. The van der Waals surface area contributed by atoms with Crippen molar-refractivity contribution in [2.24, 2.45) is 33.7 Å². The molecule has 0 bridgehead atoms. The van der Waals surface area contributed by atoms with Gasteiger partial charge in [-0.2, -0.15) is 0 Å². The third-order valence-electron chi connectivity index (χ3n) is 10.2. The molecule has 1 aromatic rings. The molecule has 3 saturated carbocycles. The summed E-state index contributed by atoms with van der Waals surface area (Å²) in [5, 5.41) is 27.5. The second-order valence-electron chi connectivity index (χ2n) is 12.0. The SMILES string of the molecule is C[C@]12C=C/C(=N\OCC(=O)NCCc3ccc(O)cc3)C=C1CC[C@@H]1[C@@H]2CC[C@@]2(C)[C@H]1CC[C@]2(C)O. The summed E-state index contributed by atoms with van der Waals surface area (Å²) in [4.78, 5) is 17.5. The van der Waals surface area contributed by atoms with Crippen LogP contribution in [0.25, 0.3) is 0 Å². The van der Waals surface area contributed by atoms with Gasteiger partial charge in [0.15, 0.2) is 6.61 Å². The van der Waals surface area contributed by atoms with Crippen LogP contribution in [0.4, 0.5) is 0 Å². The molecule has 0 aliphatic heterocycles. The van der Waals surface area contributed by atoms with E-state index in [1.165, 1.54) is 12.0 Å². The number of amides is 1. The number of carbonyl (C=O) groups excluding carboxylic acids is 1. The zero-order valence-corrected chi connectivity index (χ0v) is 21.8. The van der Waals surface area contributed by atoms with Gasteiger partial charge in [-0.05, 0) is 105 Å². The van der Waals surface area contributed by atoms with Crippen LogP contribution < -0.4 is 5.32 Å². The van der Waals surface area contributed by atoms with E-state index in [0.29, 0.717) is 30.7 Å². The molecule has 194 valence electrons. The lowest BCUT2D eigenvalue weighted by Gasteiger charge is -2.58. The van der Waals surface area contributed by atoms with Crippen molar-refractivity contribution in [3.05, 3.63) is 53.6 Å². The number of fused-ring (bicyclic) bond motifs is 5. The first-order valence-corrected chi connectivity index (χ1v) is 13.5. The van der Waals surface area contributed by atoms with E-state index in [-0.39, 0.29) is 29.1 Å². The lowest BCUT2D eigenvalue weighted by Crippen LogP contribution is -2.53. The highest BCUT2D eigenvalue weighted by Gasteiger charge is 2.61. The average molecular weight is 493 g/mol. The smallest absolute Gasteiger partial charge is 0.260 e. The number of hydrogen-bond acceptors (Lipinski definition) is 5. The van der Waals surface area contributed by atoms with Gasteiger partial charge in [-0.3, -0.25) is 4.79 Å². The van der Waals surface area contributed by atoms with Crippen LogP contribution in [-0.4, -0.2) is 40.6 Å². The Morgan fingerprint density at radius 2 is 1.86 bits per heavy atom. The molecule has 0 aromatic heterocycles. The van der Waals surface area contributed by atoms with E-state index in [1.54, 1.807) is 12.1 Å². The fourth-order valence-electron chi connectivity index (χ4n) is 7.73. The summed E-state index contributed by atoms with van der Waals surface area (Å²) in [5.41, 5.74) is 2.75. The molecular formula is C30H40N2O4. The number of rotatable bonds is 6. The van der Waals surface area contributed by atoms with Crippen molar-refractivity contribution in [1.29, 1.82) is 0 Å². The fraction of sp³-hybridized carbons (Fsp3) is 0.600. The molecule has 5 rings (SSSR count). The number of nitrogens with one attached hydrogen (secondary N) is 1. The Kier molecular flexibility index (Phi) is 6.52. The minimum absolute atomic E-state index is 0.0311. The Morgan fingerprint density at radius 3 is 2.64 bits per heavy atom. The maximum atomic E-state index is 12.1. The van der Waals surface area contributed by atoms with Gasteiger partial charge in [0.25, 0.3) is 5.91 Å². The Balaban J connectivity index is 1.15. The number of nitrogens with zero attached hydrogens (tertiary/aromatic N) is 1. The van der Waals surface area contributed by atoms with Crippen molar-refractivity contribution in [3.8, 4) is 5.75 Å². The predicted octanol–water partition coefficient (Wildman–Crippen LogP) is 4.91. The number of hydrogen-bond donors (Lipinski definition) is 3. The highest BCUT2D eigenvalue weighted by atomic mass is 16.6. The van der Waals surface area contributed by atoms with Crippen molar-refractivity contribution >= 4 is 11.6 Å². The van der Waals surface area contributed by atoms with E-state index >= 15 is 0 Å². The van der Waals surface area contributed by atoms with Gasteiger partial charge in [0, 0.05) is 12.0 Å². The second-order valence-corrected chi connectivity index (χ2v) is 12.0. The number of allylic oxidation sites excluding steroid dienone is 4. The molecule has 6 nitrogen and oxygen atoms in total. The van der Waals surface area contributed by atoms with Crippen molar-refractivity contribution in [2.75, 3.05) is 13.2 Å². The van der Waals surface area contributed by atoms with Gasteiger partial charge < -0.3 is 20.4 Å². The lowest BCUT2D eigenvalue weighted by molar-refractivity contribution is -0.125. The van der Waals surface area contributed by atoms with E-state index in [9.17, 15) is 15.0 Å². The normalized spacial score (nSPS) is 38.1. The maximum Gasteiger partial charge on any atom is 0.260 e. The quantitative estimate of drug-likeness (QED) is 0.492. The zero-order chi connectivity index (χ0) is 25.6. The Bertz CT molecular complexity index is 1090. The molecular weight excluding hydrogens is 452 g/mol. The van der Waals surface area contributed by atoms with Gasteiger partial charge in [-0.1, -0.05) is 42.8 Å². The zero-order valence-electron chi connectivity index (χ0n) is 21.8. The second kappa shape index (κ2) is 9.37. The van der Waals surface area contributed by atoms with Crippen molar-refractivity contribution in [1.82, 2.24) is 5.32 Å². The van der Waals surface area contributed by atoms with Crippen molar-refractivity contribution in [3.63, 3.8) is 0 Å². The molecule has 3 fully saturated rings. The fourth-order valence-corrected chi connectivity index (χ4v) is 7.73. The first-order valence-electron chi connectivity index (χ1n) is 13.5. The number of aliphatic hydroxyl groups is 1. The largest absolute Gasteiger partial charge is 0.508 e. The summed E-state index contributed by atoms with van der Waals surface area (Å²) >= 11 is 0. The third kappa shape index (κ3) is 4.38. The van der Waals surface area contributed by atoms with Gasteiger partial charge in [0.1, 0.15) is 11.5 Å². The monoisotopic (exact) mass is 492 g/mol. The molecule has 1 aromatic carbocycles. The van der Waals surface area contributed by atoms with E-state index in [2.05, 4.69) is 43.4 Å². The Hall–Kier alpha value is -2.60. The van der Waals surface area contributed by atoms with Crippen LogP contribution in [0.3, 0.4) is 0 Å². The summed E-state index contributed by atoms with van der Waals surface area (Å²) in [6.07, 6.45) is 13.7. The lowest BCUT2D eigenvalue weighted by atomic mass is 9.47. The van der Waals surface area contributed by atoms with Gasteiger partial charge in [0.05, 0.1) is 5.60 Å².